The van der Waals surface area contributed by atoms with Gasteiger partial charge in [-0.2, -0.15) is 0 Å². The molecule has 0 unspecified atom stereocenters. The van der Waals surface area contributed by atoms with E-state index in [0.29, 0.717) is 28.2 Å². The summed E-state index contributed by atoms with van der Waals surface area (Å²) in [5.41, 5.74) is 7.81. The third-order valence-electron chi connectivity index (χ3n) is 3.14. The molecule has 0 spiro atoms. The zero-order valence-electron chi connectivity index (χ0n) is 10.6. The van der Waals surface area contributed by atoms with Crippen molar-refractivity contribution in [2.45, 2.75) is 6.54 Å². The van der Waals surface area contributed by atoms with Crippen LogP contribution in [0.2, 0.25) is 5.02 Å². The van der Waals surface area contributed by atoms with E-state index in [0.717, 1.165) is 5.56 Å². The second kappa shape index (κ2) is 4.98. The monoisotopic (exact) mass is 285 g/mol. The maximum atomic E-state index is 12.4. The third-order valence-corrected chi connectivity index (χ3v) is 3.49. The van der Waals surface area contributed by atoms with Crippen LogP contribution in [0.25, 0.3) is 10.9 Å². The number of benzene rings is 2. The molecule has 3 aromatic rings. The molecule has 0 saturated carbocycles. The highest BCUT2D eigenvalue weighted by Crippen LogP contribution is 2.19. The fraction of sp³-hybridized carbons (Fsp3) is 0.0667. The largest absolute Gasteiger partial charge is 0.398 e. The Morgan fingerprint density at radius 1 is 1.20 bits per heavy atom. The van der Waals surface area contributed by atoms with Crippen molar-refractivity contribution < 1.29 is 0 Å². The molecule has 1 heterocycles. The summed E-state index contributed by atoms with van der Waals surface area (Å²) in [6.07, 6.45) is 1.55. The van der Waals surface area contributed by atoms with Crippen molar-refractivity contribution in [1.82, 2.24) is 9.55 Å². The molecule has 1 aromatic heterocycles. The highest BCUT2D eigenvalue weighted by Gasteiger charge is 2.05. The summed E-state index contributed by atoms with van der Waals surface area (Å²) in [4.78, 5) is 16.6. The zero-order chi connectivity index (χ0) is 14.1. The van der Waals surface area contributed by atoms with Gasteiger partial charge in [0.1, 0.15) is 0 Å². The summed E-state index contributed by atoms with van der Waals surface area (Å²) >= 11 is 5.89. The van der Waals surface area contributed by atoms with Gasteiger partial charge in [0.05, 0.1) is 34.5 Å². The number of fused-ring (bicyclic) bond motifs is 1. The van der Waals surface area contributed by atoms with Gasteiger partial charge in [0.25, 0.3) is 5.56 Å². The van der Waals surface area contributed by atoms with Crippen molar-refractivity contribution >= 4 is 28.2 Å². The summed E-state index contributed by atoms with van der Waals surface area (Å²) in [7, 11) is 0. The van der Waals surface area contributed by atoms with E-state index in [1.54, 1.807) is 29.1 Å². The van der Waals surface area contributed by atoms with Crippen molar-refractivity contribution in [1.29, 1.82) is 0 Å². The zero-order valence-corrected chi connectivity index (χ0v) is 11.3. The van der Waals surface area contributed by atoms with E-state index in [2.05, 4.69) is 4.98 Å². The Bertz CT molecular complexity index is 842. The first-order valence-electron chi connectivity index (χ1n) is 6.13. The van der Waals surface area contributed by atoms with E-state index >= 15 is 0 Å². The Balaban J connectivity index is 2.04. The Morgan fingerprint density at radius 2 is 2.00 bits per heavy atom. The van der Waals surface area contributed by atoms with Crippen molar-refractivity contribution in [2.24, 2.45) is 0 Å². The average molecular weight is 286 g/mol. The molecule has 3 rings (SSSR count). The number of para-hydroxylation sites is 1. The molecule has 2 N–H and O–H groups in total. The van der Waals surface area contributed by atoms with Crippen LogP contribution in [-0.2, 0) is 6.54 Å². The van der Waals surface area contributed by atoms with Gasteiger partial charge in [0.15, 0.2) is 0 Å². The summed E-state index contributed by atoms with van der Waals surface area (Å²) in [6.45, 7) is 0.415. The van der Waals surface area contributed by atoms with E-state index in [-0.39, 0.29) is 5.56 Å². The number of nitrogen functional groups attached to an aromatic ring is 1. The van der Waals surface area contributed by atoms with Crippen molar-refractivity contribution in [3.63, 3.8) is 0 Å². The maximum Gasteiger partial charge on any atom is 0.261 e. The molecule has 0 aliphatic heterocycles. The maximum absolute atomic E-state index is 12.4. The van der Waals surface area contributed by atoms with Gasteiger partial charge in [0.2, 0.25) is 0 Å². The summed E-state index contributed by atoms with van der Waals surface area (Å²) in [5.74, 6) is 0. The lowest BCUT2D eigenvalue weighted by Crippen LogP contribution is -2.21. The highest BCUT2D eigenvalue weighted by molar-refractivity contribution is 6.33. The second-order valence-corrected chi connectivity index (χ2v) is 4.96. The van der Waals surface area contributed by atoms with Crippen LogP contribution in [0, 0.1) is 0 Å². The summed E-state index contributed by atoms with van der Waals surface area (Å²) in [5, 5.41) is 1.12. The molecule has 0 amide bonds. The Kier molecular flexibility index (Phi) is 3.16. The van der Waals surface area contributed by atoms with Crippen LogP contribution in [0.5, 0.6) is 0 Å². The number of hydrogen-bond donors (Lipinski definition) is 1. The van der Waals surface area contributed by atoms with Gasteiger partial charge in [-0.15, -0.1) is 0 Å². The molecular formula is C15H12ClN3O. The van der Waals surface area contributed by atoms with Crippen LogP contribution in [0.1, 0.15) is 5.56 Å². The van der Waals surface area contributed by atoms with Gasteiger partial charge >= 0.3 is 0 Å². The highest BCUT2D eigenvalue weighted by atomic mass is 35.5. The molecule has 2 aromatic carbocycles. The molecule has 5 heteroatoms. The first-order chi connectivity index (χ1) is 9.65. The first kappa shape index (κ1) is 12.7. The van der Waals surface area contributed by atoms with Gasteiger partial charge < -0.3 is 5.73 Å². The second-order valence-electron chi connectivity index (χ2n) is 4.55. The predicted octanol–water partition coefficient (Wildman–Crippen LogP) is 2.68. The van der Waals surface area contributed by atoms with E-state index in [4.69, 9.17) is 17.3 Å². The van der Waals surface area contributed by atoms with E-state index in [1.807, 2.05) is 24.3 Å². The first-order valence-corrected chi connectivity index (χ1v) is 6.51. The fourth-order valence-corrected chi connectivity index (χ4v) is 2.22. The minimum absolute atomic E-state index is 0.0656. The molecule has 0 saturated heterocycles. The van der Waals surface area contributed by atoms with Crippen LogP contribution in [0.4, 0.5) is 5.69 Å². The molecule has 0 fully saturated rings. The summed E-state index contributed by atoms with van der Waals surface area (Å²) in [6, 6.07) is 12.6. The Hall–Kier alpha value is -2.33. The number of rotatable bonds is 2. The standard InChI is InChI=1S/C15H12ClN3O/c16-12-6-5-10(7-13(12)17)8-19-9-18-14-4-2-1-3-11(14)15(19)20/h1-7,9H,8,17H2. The lowest BCUT2D eigenvalue weighted by molar-refractivity contribution is 0.748. The van der Waals surface area contributed by atoms with Crippen LogP contribution in [-0.4, -0.2) is 9.55 Å². The van der Waals surface area contributed by atoms with Crippen molar-refractivity contribution in [2.75, 3.05) is 5.73 Å². The molecule has 4 nitrogen and oxygen atoms in total. The molecule has 0 aliphatic rings. The molecule has 0 radical (unpaired) electrons. The van der Waals surface area contributed by atoms with Crippen LogP contribution in [0.15, 0.2) is 53.6 Å². The third kappa shape index (κ3) is 2.26. The normalized spacial score (nSPS) is 10.8. The predicted molar refractivity (Wildman–Crippen MR) is 81.0 cm³/mol. The molecular weight excluding hydrogens is 274 g/mol. The number of hydrogen-bond acceptors (Lipinski definition) is 3. The number of nitrogens with two attached hydrogens (primary N) is 1. The van der Waals surface area contributed by atoms with Gasteiger partial charge in [-0.1, -0.05) is 29.8 Å². The lowest BCUT2D eigenvalue weighted by Gasteiger charge is -2.08. The van der Waals surface area contributed by atoms with Crippen LogP contribution < -0.4 is 11.3 Å². The minimum atomic E-state index is -0.0656. The van der Waals surface area contributed by atoms with Crippen LogP contribution in [0.3, 0.4) is 0 Å². The molecule has 100 valence electrons. The Labute approximate surface area is 120 Å². The topological polar surface area (TPSA) is 60.9 Å². The van der Waals surface area contributed by atoms with Gasteiger partial charge in [0, 0.05) is 0 Å². The summed E-state index contributed by atoms with van der Waals surface area (Å²) < 4.78 is 1.56. The molecule has 0 aliphatic carbocycles. The van der Waals surface area contributed by atoms with Crippen molar-refractivity contribution in [3.8, 4) is 0 Å². The number of nitrogens with zero attached hydrogens (tertiary/aromatic N) is 2. The Morgan fingerprint density at radius 3 is 2.80 bits per heavy atom. The molecule has 20 heavy (non-hydrogen) atoms. The lowest BCUT2D eigenvalue weighted by atomic mass is 10.2. The minimum Gasteiger partial charge on any atom is -0.398 e. The smallest absolute Gasteiger partial charge is 0.261 e. The van der Waals surface area contributed by atoms with Gasteiger partial charge in [-0.3, -0.25) is 9.36 Å². The number of anilines is 1. The fourth-order valence-electron chi connectivity index (χ4n) is 2.11. The number of aromatic nitrogens is 2. The van der Waals surface area contributed by atoms with Gasteiger partial charge in [-0.05, 0) is 29.8 Å². The average Bonchev–Trinajstić information content (AvgIpc) is 2.46. The van der Waals surface area contributed by atoms with E-state index in [9.17, 15) is 4.79 Å². The number of halogens is 1. The quantitative estimate of drug-likeness (QED) is 0.737. The SMILES string of the molecule is Nc1cc(Cn2cnc3ccccc3c2=O)ccc1Cl. The van der Waals surface area contributed by atoms with Crippen LogP contribution >= 0.6 is 11.6 Å². The molecule has 0 atom stereocenters. The van der Waals surface area contributed by atoms with Gasteiger partial charge in [-0.25, -0.2) is 4.98 Å². The van der Waals surface area contributed by atoms with E-state index < -0.39 is 0 Å². The van der Waals surface area contributed by atoms with Crippen molar-refractivity contribution in [3.05, 3.63) is 69.7 Å². The molecule has 0 bridgehead atoms. The van der Waals surface area contributed by atoms with E-state index in [1.165, 1.54) is 0 Å².